The van der Waals surface area contributed by atoms with Gasteiger partial charge in [0.2, 0.25) is 0 Å². The molecule has 0 spiro atoms. The molecule has 1 saturated heterocycles. The molecular weight excluding hydrogens is 418 g/mol. The summed E-state index contributed by atoms with van der Waals surface area (Å²) in [6, 6.07) is 15.2. The van der Waals surface area contributed by atoms with Crippen molar-refractivity contribution in [2.24, 2.45) is 5.92 Å². The normalized spacial score (nSPS) is 14.8. The molecule has 1 fully saturated rings. The van der Waals surface area contributed by atoms with Crippen molar-refractivity contribution in [3.8, 4) is 11.5 Å². The van der Waals surface area contributed by atoms with E-state index >= 15 is 0 Å². The second-order valence-corrected chi connectivity index (χ2v) is 8.55. The highest BCUT2D eigenvalue weighted by Crippen LogP contribution is 2.30. The summed E-state index contributed by atoms with van der Waals surface area (Å²) >= 11 is 0. The first-order valence-corrected chi connectivity index (χ1v) is 11.4. The van der Waals surface area contributed by atoms with Gasteiger partial charge in [-0.3, -0.25) is 14.5 Å². The summed E-state index contributed by atoms with van der Waals surface area (Å²) in [5.41, 5.74) is 1.90. The Kier molecular flexibility index (Phi) is 7.29. The van der Waals surface area contributed by atoms with Crippen LogP contribution < -0.4 is 20.2 Å². The molecule has 0 aliphatic carbocycles. The lowest BCUT2D eigenvalue weighted by molar-refractivity contribution is 0.0943. The van der Waals surface area contributed by atoms with E-state index in [2.05, 4.69) is 39.5 Å². The standard InChI is InChI=1S/C26H31N3O4/c1-32-24-14-20-21(16-25(24)33-2)28-22(15-23(20)30)26(31)27-11-8-18-9-12-29(13-10-18)17-19-6-4-3-5-7-19/h3-7,14-16,18H,8-13,17H2,1-2H3,(H,27,31)(H,28,30). The first-order chi connectivity index (χ1) is 16.1. The minimum absolute atomic E-state index is 0.236. The summed E-state index contributed by atoms with van der Waals surface area (Å²) in [4.78, 5) is 30.8. The summed E-state index contributed by atoms with van der Waals surface area (Å²) in [6.07, 6.45) is 3.21. The number of piperidine rings is 1. The number of nitrogens with one attached hydrogen (secondary N) is 2. The summed E-state index contributed by atoms with van der Waals surface area (Å²) in [5.74, 6) is 1.30. The largest absolute Gasteiger partial charge is 0.493 e. The Labute approximate surface area is 193 Å². The average molecular weight is 450 g/mol. The summed E-state index contributed by atoms with van der Waals surface area (Å²) < 4.78 is 10.6. The monoisotopic (exact) mass is 449 g/mol. The lowest BCUT2D eigenvalue weighted by Gasteiger charge is -2.32. The van der Waals surface area contributed by atoms with Gasteiger partial charge in [-0.25, -0.2) is 0 Å². The van der Waals surface area contributed by atoms with Gasteiger partial charge in [0, 0.05) is 30.6 Å². The van der Waals surface area contributed by atoms with Crippen molar-refractivity contribution in [1.82, 2.24) is 15.2 Å². The topological polar surface area (TPSA) is 83.7 Å². The number of amides is 1. The van der Waals surface area contributed by atoms with E-state index in [1.54, 1.807) is 12.1 Å². The fourth-order valence-corrected chi connectivity index (χ4v) is 4.46. The van der Waals surface area contributed by atoms with Gasteiger partial charge in [0.1, 0.15) is 5.69 Å². The highest BCUT2D eigenvalue weighted by Gasteiger charge is 2.19. The molecule has 0 saturated carbocycles. The van der Waals surface area contributed by atoms with Gasteiger partial charge in [0.15, 0.2) is 16.9 Å². The number of aromatic amines is 1. The number of hydrogen-bond acceptors (Lipinski definition) is 5. The van der Waals surface area contributed by atoms with Crippen LogP contribution >= 0.6 is 0 Å². The van der Waals surface area contributed by atoms with Crippen LogP contribution in [0.1, 0.15) is 35.3 Å². The highest BCUT2D eigenvalue weighted by molar-refractivity contribution is 5.95. The first kappa shape index (κ1) is 22.9. The fraction of sp³-hybridized carbons (Fsp3) is 0.385. The maximum Gasteiger partial charge on any atom is 0.267 e. The molecule has 2 N–H and O–H groups in total. The number of carbonyl (C=O) groups excluding carboxylic acids is 1. The summed E-state index contributed by atoms with van der Waals surface area (Å²) in [5, 5.41) is 3.41. The minimum Gasteiger partial charge on any atom is -0.493 e. The molecule has 1 aromatic heterocycles. The molecule has 2 aromatic carbocycles. The zero-order valence-electron chi connectivity index (χ0n) is 19.2. The smallest absolute Gasteiger partial charge is 0.267 e. The second-order valence-electron chi connectivity index (χ2n) is 8.55. The number of nitrogens with zero attached hydrogens (tertiary/aromatic N) is 1. The van der Waals surface area contributed by atoms with Gasteiger partial charge in [-0.2, -0.15) is 0 Å². The Balaban J connectivity index is 1.30. The van der Waals surface area contributed by atoms with Crippen LogP contribution in [0.4, 0.5) is 0 Å². The molecule has 0 unspecified atom stereocenters. The SMILES string of the molecule is COc1cc2[nH]c(C(=O)NCCC3CCN(Cc4ccccc4)CC3)cc(=O)c2cc1OC. The molecule has 1 aliphatic heterocycles. The molecule has 3 aromatic rings. The average Bonchev–Trinajstić information content (AvgIpc) is 2.84. The van der Waals surface area contributed by atoms with Gasteiger partial charge in [0.05, 0.1) is 19.7 Å². The van der Waals surface area contributed by atoms with Crippen molar-refractivity contribution < 1.29 is 14.3 Å². The van der Waals surface area contributed by atoms with Crippen LogP contribution in [-0.2, 0) is 6.54 Å². The number of ether oxygens (including phenoxy) is 2. The Bertz CT molecular complexity index is 1150. The Morgan fingerprint density at radius 3 is 2.45 bits per heavy atom. The molecule has 33 heavy (non-hydrogen) atoms. The number of pyridine rings is 1. The van der Waals surface area contributed by atoms with Crippen molar-refractivity contribution in [3.05, 3.63) is 70.0 Å². The number of H-pyrrole nitrogens is 1. The van der Waals surface area contributed by atoms with E-state index in [1.807, 2.05) is 6.07 Å². The first-order valence-electron chi connectivity index (χ1n) is 11.4. The zero-order chi connectivity index (χ0) is 23.2. The van der Waals surface area contributed by atoms with Crippen LogP contribution in [0.3, 0.4) is 0 Å². The third-order valence-corrected chi connectivity index (χ3v) is 6.37. The lowest BCUT2D eigenvalue weighted by atomic mass is 9.93. The van der Waals surface area contributed by atoms with E-state index in [9.17, 15) is 9.59 Å². The molecule has 1 aliphatic rings. The number of aromatic nitrogens is 1. The van der Waals surface area contributed by atoms with Crippen LogP contribution in [-0.4, -0.2) is 49.6 Å². The van der Waals surface area contributed by atoms with Crippen LogP contribution in [0.2, 0.25) is 0 Å². The molecule has 1 amide bonds. The molecule has 4 rings (SSSR count). The summed E-state index contributed by atoms with van der Waals surface area (Å²) in [6.45, 7) is 3.75. The van der Waals surface area contributed by atoms with Gasteiger partial charge >= 0.3 is 0 Å². The van der Waals surface area contributed by atoms with E-state index < -0.39 is 0 Å². The van der Waals surface area contributed by atoms with Gasteiger partial charge in [-0.1, -0.05) is 30.3 Å². The third-order valence-electron chi connectivity index (χ3n) is 6.37. The molecule has 2 heterocycles. The van der Waals surface area contributed by atoms with E-state index in [0.29, 0.717) is 34.9 Å². The number of hydrogen-bond donors (Lipinski definition) is 2. The van der Waals surface area contributed by atoms with Gasteiger partial charge < -0.3 is 19.8 Å². The van der Waals surface area contributed by atoms with E-state index in [-0.39, 0.29) is 17.0 Å². The van der Waals surface area contributed by atoms with E-state index in [1.165, 1.54) is 25.8 Å². The van der Waals surface area contributed by atoms with Crippen molar-refractivity contribution in [2.45, 2.75) is 25.8 Å². The van der Waals surface area contributed by atoms with Crippen molar-refractivity contribution >= 4 is 16.8 Å². The number of likely N-dealkylation sites (tertiary alicyclic amines) is 1. The molecule has 7 nitrogen and oxygen atoms in total. The third kappa shape index (κ3) is 5.54. The highest BCUT2D eigenvalue weighted by atomic mass is 16.5. The van der Waals surface area contributed by atoms with Crippen LogP contribution in [0, 0.1) is 5.92 Å². The van der Waals surface area contributed by atoms with Crippen molar-refractivity contribution in [2.75, 3.05) is 33.9 Å². The fourth-order valence-electron chi connectivity index (χ4n) is 4.46. The number of fused-ring (bicyclic) bond motifs is 1. The van der Waals surface area contributed by atoms with E-state index in [4.69, 9.17) is 9.47 Å². The van der Waals surface area contributed by atoms with Crippen LogP contribution in [0.5, 0.6) is 11.5 Å². The number of methoxy groups -OCH3 is 2. The quantitative estimate of drug-likeness (QED) is 0.549. The van der Waals surface area contributed by atoms with Gasteiger partial charge in [-0.05, 0) is 49.9 Å². The Morgan fingerprint density at radius 2 is 1.76 bits per heavy atom. The molecule has 174 valence electrons. The lowest BCUT2D eigenvalue weighted by Crippen LogP contribution is -2.35. The molecule has 0 radical (unpaired) electrons. The van der Waals surface area contributed by atoms with Crippen LogP contribution in [0.15, 0.2) is 53.3 Å². The predicted octanol–water partition coefficient (Wildman–Crippen LogP) is 3.58. The number of rotatable bonds is 8. The number of benzene rings is 2. The number of carbonyl (C=O) groups is 1. The maximum atomic E-state index is 12.7. The van der Waals surface area contributed by atoms with Crippen LogP contribution in [0.25, 0.3) is 10.9 Å². The Hall–Kier alpha value is -3.32. The second kappa shape index (κ2) is 10.5. The van der Waals surface area contributed by atoms with Gasteiger partial charge in [-0.15, -0.1) is 0 Å². The predicted molar refractivity (Wildman–Crippen MR) is 129 cm³/mol. The minimum atomic E-state index is -0.273. The van der Waals surface area contributed by atoms with Crippen molar-refractivity contribution in [1.29, 1.82) is 0 Å². The molecule has 0 bridgehead atoms. The summed E-state index contributed by atoms with van der Waals surface area (Å²) in [7, 11) is 3.05. The van der Waals surface area contributed by atoms with E-state index in [0.717, 1.165) is 38.9 Å². The molecule has 0 atom stereocenters. The molecule has 7 heteroatoms. The zero-order valence-corrected chi connectivity index (χ0v) is 19.2. The van der Waals surface area contributed by atoms with Crippen molar-refractivity contribution in [3.63, 3.8) is 0 Å². The Morgan fingerprint density at radius 1 is 1.06 bits per heavy atom. The maximum absolute atomic E-state index is 12.7. The van der Waals surface area contributed by atoms with Gasteiger partial charge in [0.25, 0.3) is 5.91 Å². The molecular formula is C26H31N3O4.